The van der Waals surface area contributed by atoms with Crippen LogP contribution < -0.4 is 24.0 Å². The zero-order chi connectivity index (χ0) is 8.53. The third-order valence-electron chi connectivity index (χ3n) is 1.16. The van der Waals surface area contributed by atoms with Gasteiger partial charge in [-0.2, -0.15) is 0 Å². The predicted octanol–water partition coefficient (Wildman–Crippen LogP) is -4.08. The number of carbonyl (C=O) groups excluding carboxylic acids is 1. The minimum atomic E-state index is -1.02. The Balaban J connectivity index is 0. The van der Waals surface area contributed by atoms with Gasteiger partial charge in [0.05, 0.1) is 13.2 Å². The molecule has 0 amide bonds. The number of aliphatic hydroxyl groups is 1. The first-order chi connectivity index (χ1) is 5.27. The molecule has 0 rings (SSSR count). The standard InChI is InChI=1S/C7H14O4.Li/c8-4-6-11-5-2-1-3-7(9)10;/h8H,1-6H2,(H,9,10);/q;+1/p-1. The van der Waals surface area contributed by atoms with Crippen LogP contribution in [0.1, 0.15) is 19.3 Å². The number of carboxylic acids is 1. The van der Waals surface area contributed by atoms with Crippen LogP contribution in [0.4, 0.5) is 0 Å². The molecule has 0 radical (unpaired) electrons. The SMILES string of the molecule is O=C([O-])CCCCOCCO.[Li+]. The second kappa shape index (κ2) is 11.0. The molecule has 0 atom stereocenters. The van der Waals surface area contributed by atoms with Crippen LogP contribution in [0.3, 0.4) is 0 Å². The fraction of sp³-hybridized carbons (Fsp3) is 0.857. The number of ether oxygens (including phenoxy) is 1. The van der Waals surface area contributed by atoms with Crippen molar-refractivity contribution in [2.24, 2.45) is 0 Å². The Labute approximate surface area is 84.1 Å². The number of carbonyl (C=O) groups is 1. The van der Waals surface area contributed by atoms with Crippen molar-refractivity contribution < 1.29 is 38.6 Å². The van der Waals surface area contributed by atoms with E-state index in [-0.39, 0.29) is 31.9 Å². The van der Waals surface area contributed by atoms with Gasteiger partial charge in [-0.05, 0) is 19.3 Å². The molecule has 0 aromatic carbocycles. The number of rotatable bonds is 7. The molecule has 0 fully saturated rings. The van der Waals surface area contributed by atoms with Gasteiger partial charge in [0.2, 0.25) is 0 Å². The Kier molecular flexibility index (Phi) is 13.3. The zero-order valence-electron chi connectivity index (χ0n) is 7.41. The molecular weight excluding hydrogens is 155 g/mol. The zero-order valence-corrected chi connectivity index (χ0v) is 7.41. The predicted molar refractivity (Wildman–Crippen MR) is 36.8 cm³/mol. The maximum atomic E-state index is 9.90. The molecule has 0 aromatic rings. The number of aliphatic hydroxyl groups excluding tert-OH is 1. The molecule has 5 heteroatoms. The minimum Gasteiger partial charge on any atom is -0.550 e. The van der Waals surface area contributed by atoms with Crippen molar-refractivity contribution in [2.75, 3.05) is 19.8 Å². The summed E-state index contributed by atoms with van der Waals surface area (Å²) in [6, 6.07) is 0. The third-order valence-corrected chi connectivity index (χ3v) is 1.16. The summed E-state index contributed by atoms with van der Waals surface area (Å²) in [5, 5.41) is 18.2. The van der Waals surface area contributed by atoms with Crippen LogP contribution in [0.5, 0.6) is 0 Å². The number of carboxylic acid groups (broad SMARTS) is 1. The molecule has 12 heavy (non-hydrogen) atoms. The fourth-order valence-corrected chi connectivity index (χ4v) is 0.640. The van der Waals surface area contributed by atoms with Crippen LogP contribution in [-0.4, -0.2) is 30.9 Å². The van der Waals surface area contributed by atoms with Gasteiger partial charge in [-0.25, -0.2) is 0 Å². The molecule has 0 heterocycles. The second-order valence-electron chi connectivity index (χ2n) is 2.17. The summed E-state index contributed by atoms with van der Waals surface area (Å²) in [6.07, 6.45) is 1.37. The molecular formula is C7H13LiO4. The first kappa shape index (κ1) is 14.5. The third kappa shape index (κ3) is 12.6. The molecule has 0 bridgehead atoms. The Morgan fingerprint density at radius 2 is 2.00 bits per heavy atom. The van der Waals surface area contributed by atoms with Crippen LogP contribution >= 0.6 is 0 Å². The smallest absolute Gasteiger partial charge is 0.550 e. The number of unbranched alkanes of at least 4 members (excludes halogenated alkanes) is 1. The van der Waals surface area contributed by atoms with Gasteiger partial charge in [0.25, 0.3) is 0 Å². The van der Waals surface area contributed by atoms with Gasteiger partial charge in [-0.3, -0.25) is 0 Å². The van der Waals surface area contributed by atoms with Crippen LogP contribution in [0.15, 0.2) is 0 Å². The average molecular weight is 168 g/mol. The van der Waals surface area contributed by atoms with E-state index >= 15 is 0 Å². The van der Waals surface area contributed by atoms with E-state index in [0.717, 1.165) is 0 Å². The number of hydrogen-bond donors (Lipinski definition) is 1. The van der Waals surface area contributed by atoms with Gasteiger partial charge in [0, 0.05) is 12.6 Å². The van der Waals surface area contributed by atoms with E-state index in [1.807, 2.05) is 0 Å². The molecule has 0 aliphatic heterocycles. The van der Waals surface area contributed by atoms with E-state index < -0.39 is 5.97 Å². The molecule has 66 valence electrons. The van der Waals surface area contributed by atoms with Crippen molar-refractivity contribution in [3.63, 3.8) is 0 Å². The summed E-state index contributed by atoms with van der Waals surface area (Å²) in [5.41, 5.74) is 0. The molecule has 0 saturated carbocycles. The van der Waals surface area contributed by atoms with E-state index in [9.17, 15) is 9.90 Å². The van der Waals surface area contributed by atoms with Crippen molar-refractivity contribution in [3.8, 4) is 0 Å². The van der Waals surface area contributed by atoms with Gasteiger partial charge in [0.15, 0.2) is 0 Å². The van der Waals surface area contributed by atoms with Gasteiger partial charge in [-0.15, -0.1) is 0 Å². The van der Waals surface area contributed by atoms with Gasteiger partial charge < -0.3 is 19.7 Å². The van der Waals surface area contributed by atoms with Crippen LogP contribution in [-0.2, 0) is 9.53 Å². The summed E-state index contributed by atoms with van der Waals surface area (Å²) in [7, 11) is 0. The number of hydrogen-bond acceptors (Lipinski definition) is 4. The fourth-order valence-electron chi connectivity index (χ4n) is 0.640. The van der Waals surface area contributed by atoms with E-state index in [1.54, 1.807) is 0 Å². The average Bonchev–Trinajstić information content (AvgIpc) is 1.96. The summed E-state index contributed by atoms with van der Waals surface area (Å²) >= 11 is 0. The summed E-state index contributed by atoms with van der Waals surface area (Å²) < 4.78 is 4.90. The molecule has 0 unspecified atom stereocenters. The molecule has 0 aliphatic carbocycles. The van der Waals surface area contributed by atoms with E-state index in [2.05, 4.69) is 0 Å². The molecule has 0 aliphatic rings. The molecule has 0 spiro atoms. The van der Waals surface area contributed by atoms with E-state index in [4.69, 9.17) is 9.84 Å². The van der Waals surface area contributed by atoms with Gasteiger partial charge in [-0.1, -0.05) is 0 Å². The Morgan fingerprint density at radius 1 is 1.33 bits per heavy atom. The molecule has 0 aromatic heterocycles. The largest absolute Gasteiger partial charge is 1.00 e. The maximum absolute atomic E-state index is 9.90. The first-order valence-electron chi connectivity index (χ1n) is 3.66. The molecule has 0 saturated heterocycles. The van der Waals surface area contributed by atoms with E-state index in [1.165, 1.54) is 0 Å². The van der Waals surface area contributed by atoms with Crippen molar-refractivity contribution in [2.45, 2.75) is 19.3 Å². The van der Waals surface area contributed by atoms with Gasteiger partial charge in [0.1, 0.15) is 0 Å². The van der Waals surface area contributed by atoms with Crippen molar-refractivity contribution in [1.82, 2.24) is 0 Å². The van der Waals surface area contributed by atoms with Gasteiger partial charge >= 0.3 is 18.9 Å². The molecule has 1 N–H and O–H groups in total. The Morgan fingerprint density at radius 3 is 2.50 bits per heavy atom. The Bertz CT molecular complexity index is 108. The second-order valence-corrected chi connectivity index (χ2v) is 2.17. The van der Waals surface area contributed by atoms with Crippen molar-refractivity contribution in [3.05, 3.63) is 0 Å². The first-order valence-corrected chi connectivity index (χ1v) is 3.66. The summed E-state index contributed by atoms with van der Waals surface area (Å²) in [4.78, 5) is 9.90. The Hall–Kier alpha value is -0.0126. The van der Waals surface area contributed by atoms with Crippen LogP contribution in [0, 0.1) is 0 Å². The topological polar surface area (TPSA) is 69.6 Å². The van der Waals surface area contributed by atoms with E-state index in [0.29, 0.717) is 26.1 Å². The molecule has 4 nitrogen and oxygen atoms in total. The van der Waals surface area contributed by atoms with Crippen molar-refractivity contribution in [1.29, 1.82) is 0 Å². The van der Waals surface area contributed by atoms with Crippen LogP contribution in [0.2, 0.25) is 0 Å². The summed E-state index contributed by atoms with van der Waals surface area (Å²) in [5.74, 6) is -1.02. The monoisotopic (exact) mass is 168 g/mol. The maximum Gasteiger partial charge on any atom is 1.00 e. The summed E-state index contributed by atoms with van der Waals surface area (Å²) in [6.45, 7) is 0.847. The normalized spacial score (nSPS) is 9.08. The van der Waals surface area contributed by atoms with Crippen LogP contribution in [0.25, 0.3) is 0 Å². The van der Waals surface area contributed by atoms with Crippen molar-refractivity contribution >= 4 is 5.97 Å². The number of aliphatic carboxylic acids is 1. The quantitative estimate of drug-likeness (QED) is 0.310. The minimum absolute atomic E-state index is 0.